The van der Waals surface area contributed by atoms with Gasteiger partial charge >= 0.3 is 0 Å². The van der Waals surface area contributed by atoms with E-state index in [2.05, 4.69) is 0 Å². The molecule has 5 nitrogen and oxygen atoms in total. The Morgan fingerprint density at radius 2 is 1.80 bits per heavy atom. The van der Waals surface area contributed by atoms with Crippen LogP contribution in [0.4, 0.5) is 0 Å². The normalized spacial score (nSPS) is 10.3. The van der Waals surface area contributed by atoms with E-state index in [9.17, 15) is 8.42 Å². The van der Waals surface area contributed by atoms with Crippen molar-refractivity contribution in [2.45, 2.75) is 5.75 Å². The minimum Gasteiger partial charge on any atom is -0.228 e. The van der Waals surface area contributed by atoms with E-state index in [0.717, 1.165) is 0 Å². The van der Waals surface area contributed by atoms with Gasteiger partial charge in [0.05, 0.1) is 16.9 Å². The summed E-state index contributed by atoms with van der Waals surface area (Å²) >= 11 is 0. The van der Waals surface area contributed by atoms with Gasteiger partial charge in [-0.3, -0.25) is 0 Å². The molecule has 0 heterocycles. The second kappa shape index (κ2) is 4.09. The van der Waals surface area contributed by atoms with Crippen LogP contribution in [0.25, 0.3) is 0 Å². The van der Waals surface area contributed by atoms with Crippen LogP contribution in [-0.4, -0.2) is 8.42 Å². The van der Waals surface area contributed by atoms with Crippen molar-refractivity contribution >= 4 is 10.0 Å². The Morgan fingerprint density at radius 1 is 1.20 bits per heavy atom. The standard InChI is InChI=1S/C9H7N3O2S/c10-4-8-2-1-7(3-9(8)5-11)6-15(12,13)14/h1-3H,6H2,(H2,12,13,14). The maximum atomic E-state index is 10.8. The molecule has 1 aromatic carbocycles. The average Bonchev–Trinajstić information content (AvgIpc) is 2.15. The van der Waals surface area contributed by atoms with Crippen molar-refractivity contribution in [3.63, 3.8) is 0 Å². The van der Waals surface area contributed by atoms with Crippen molar-refractivity contribution in [1.29, 1.82) is 10.5 Å². The Balaban J connectivity index is 3.18. The third kappa shape index (κ3) is 3.06. The first-order valence-corrected chi connectivity index (χ1v) is 5.61. The summed E-state index contributed by atoms with van der Waals surface area (Å²) in [5, 5.41) is 22.2. The van der Waals surface area contributed by atoms with E-state index >= 15 is 0 Å². The lowest BCUT2D eigenvalue weighted by molar-refractivity contribution is 0.597. The molecular formula is C9H7N3O2S. The summed E-state index contributed by atoms with van der Waals surface area (Å²) in [6.07, 6.45) is 0. The molecule has 0 aliphatic rings. The zero-order valence-electron chi connectivity index (χ0n) is 7.64. The van der Waals surface area contributed by atoms with Crippen molar-refractivity contribution in [3.05, 3.63) is 34.9 Å². The second-order valence-corrected chi connectivity index (χ2v) is 4.53. The van der Waals surface area contributed by atoms with Gasteiger partial charge in [0, 0.05) is 0 Å². The lowest BCUT2D eigenvalue weighted by Gasteiger charge is -2.00. The van der Waals surface area contributed by atoms with Crippen LogP contribution < -0.4 is 5.14 Å². The van der Waals surface area contributed by atoms with E-state index in [1.807, 2.05) is 12.1 Å². The van der Waals surface area contributed by atoms with Crippen LogP contribution >= 0.6 is 0 Å². The van der Waals surface area contributed by atoms with Crippen molar-refractivity contribution < 1.29 is 8.42 Å². The van der Waals surface area contributed by atoms with Crippen molar-refractivity contribution in [2.24, 2.45) is 5.14 Å². The number of hydrogen-bond donors (Lipinski definition) is 1. The number of rotatable bonds is 2. The molecule has 0 aliphatic carbocycles. The van der Waals surface area contributed by atoms with Gasteiger partial charge in [-0.2, -0.15) is 10.5 Å². The monoisotopic (exact) mass is 221 g/mol. The summed E-state index contributed by atoms with van der Waals surface area (Å²) in [5.74, 6) is -0.340. The molecule has 0 spiro atoms. The Morgan fingerprint density at radius 3 is 2.27 bits per heavy atom. The SMILES string of the molecule is N#Cc1ccc(CS(N)(=O)=O)cc1C#N. The fraction of sp³-hybridized carbons (Fsp3) is 0.111. The molecule has 0 unspecified atom stereocenters. The van der Waals surface area contributed by atoms with Gasteiger partial charge in [0.25, 0.3) is 0 Å². The van der Waals surface area contributed by atoms with E-state index in [4.69, 9.17) is 15.7 Å². The van der Waals surface area contributed by atoms with Crippen LogP contribution in [0.3, 0.4) is 0 Å². The fourth-order valence-corrected chi connectivity index (χ4v) is 1.75. The van der Waals surface area contributed by atoms with Crippen LogP contribution in [0.15, 0.2) is 18.2 Å². The summed E-state index contributed by atoms with van der Waals surface area (Å²) in [6, 6.07) is 7.86. The molecule has 0 bridgehead atoms. The zero-order chi connectivity index (χ0) is 11.5. The lowest BCUT2D eigenvalue weighted by atomic mass is 10.1. The minimum atomic E-state index is -3.61. The Labute approximate surface area is 87.4 Å². The predicted octanol–water partition coefficient (Wildman–Crippen LogP) is 0.218. The molecule has 0 saturated heterocycles. The molecule has 6 heteroatoms. The maximum Gasteiger partial charge on any atom is 0.213 e. The second-order valence-electron chi connectivity index (χ2n) is 2.91. The molecule has 0 atom stereocenters. The third-order valence-electron chi connectivity index (χ3n) is 1.69. The molecule has 15 heavy (non-hydrogen) atoms. The first kappa shape index (κ1) is 11.2. The Hall–Kier alpha value is -1.89. The van der Waals surface area contributed by atoms with Crippen LogP contribution in [-0.2, 0) is 15.8 Å². The number of nitriles is 2. The summed E-state index contributed by atoms with van der Waals surface area (Å²) in [6.45, 7) is 0. The quantitative estimate of drug-likeness (QED) is 0.770. The molecule has 1 aromatic rings. The maximum absolute atomic E-state index is 10.8. The van der Waals surface area contributed by atoms with Gasteiger partial charge < -0.3 is 0 Å². The molecule has 0 amide bonds. The van der Waals surface area contributed by atoms with E-state index in [1.54, 1.807) is 0 Å². The van der Waals surface area contributed by atoms with Gasteiger partial charge in [-0.15, -0.1) is 0 Å². The van der Waals surface area contributed by atoms with Crippen LogP contribution in [0.2, 0.25) is 0 Å². The first-order valence-electron chi connectivity index (χ1n) is 3.90. The van der Waals surface area contributed by atoms with Gasteiger partial charge in [0.2, 0.25) is 10.0 Å². The Kier molecular flexibility index (Phi) is 3.05. The number of nitrogens with zero attached hydrogens (tertiary/aromatic N) is 2. The largest absolute Gasteiger partial charge is 0.228 e. The molecule has 0 fully saturated rings. The summed E-state index contributed by atoms with van der Waals surface area (Å²) < 4.78 is 21.6. The van der Waals surface area contributed by atoms with Crippen LogP contribution in [0, 0.1) is 22.7 Å². The molecule has 0 aromatic heterocycles. The van der Waals surface area contributed by atoms with Gasteiger partial charge in [-0.1, -0.05) is 6.07 Å². The summed E-state index contributed by atoms with van der Waals surface area (Å²) in [5.41, 5.74) is 0.766. The summed E-state index contributed by atoms with van der Waals surface area (Å²) in [7, 11) is -3.61. The van der Waals surface area contributed by atoms with Crippen LogP contribution in [0.1, 0.15) is 16.7 Å². The topological polar surface area (TPSA) is 108 Å². The van der Waals surface area contributed by atoms with E-state index in [1.165, 1.54) is 18.2 Å². The molecule has 1 rings (SSSR count). The minimum absolute atomic E-state index is 0.152. The summed E-state index contributed by atoms with van der Waals surface area (Å²) in [4.78, 5) is 0. The fourth-order valence-electron chi connectivity index (χ4n) is 1.10. The first-order chi connectivity index (χ1) is 6.96. The highest BCUT2D eigenvalue weighted by Crippen LogP contribution is 2.11. The van der Waals surface area contributed by atoms with Crippen molar-refractivity contribution in [2.75, 3.05) is 0 Å². The van der Waals surface area contributed by atoms with E-state index < -0.39 is 10.0 Å². The molecular weight excluding hydrogens is 214 g/mol. The highest BCUT2D eigenvalue weighted by atomic mass is 32.2. The van der Waals surface area contributed by atoms with Gasteiger partial charge in [0.15, 0.2) is 0 Å². The third-order valence-corrected chi connectivity index (χ3v) is 2.43. The predicted molar refractivity (Wildman–Crippen MR) is 52.7 cm³/mol. The zero-order valence-corrected chi connectivity index (χ0v) is 8.45. The van der Waals surface area contributed by atoms with Crippen LogP contribution in [0.5, 0.6) is 0 Å². The number of hydrogen-bond acceptors (Lipinski definition) is 4. The van der Waals surface area contributed by atoms with Gasteiger partial charge in [-0.25, -0.2) is 13.6 Å². The van der Waals surface area contributed by atoms with E-state index in [0.29, 0.717) is 5.56 Å². The molecule has 2 N–H and O–H groups in total. The molecule has 76 valence electrons. The van der Waals surface area contributed by atoms with Crippen molar-refractivity contribution in [3.8, 4) is 12.1 Å². The number of sulfonamides is 1. The van der Waals surface area contributed by atoms with Crippen molar-refractivity contribution in [1.82, 2.24) is 0 Å². The molecule has 0 radical (unpaired) electrons. The van der Waals surface area contributed by atoms with Gasteiger partial charge in [-0.05, 0) is 17.7 Å². The molecule has 0 aliphatic heterocycles. The Bertz CT molecular complexity index is 564. The number of nitrogens with two attached hydrogens (primary N) is 1. The average molecular weight is 221 g/mol. The lowest BCUT2D eigenvalue weighted by Crippen LogP contribution is -2.14. The van der Waals surface area contributed by atoms with E-state index in [-0.39, 0.29) is 16.9 Å². The van der Waals surface area contributed by atoms with Gasteiger partial charge in [0.1, 0.15) is 12.1 Å². The number of benzene rings is 1. The highest BCUT2D eigenvalue weighted by Gasteiger charge is 2.08. The molecule has 0 saturated carbocycles. The smallest absolute Gasteiger partial charge is 0.213 e. The highest BCUT2D eigenvalue weighted by molar-refractivity contribution is 7.88. The number of primary sulfonamides is 1.